The normalized spacial score (nSPS) is 10.1. The number of carbonyl (C=O) groups excluding carboxylic acids is 1. The van der Waals surface area contributed by atoms with Crippen LogP contribution in [0.5, 0.6) is 11.5 Å². The van der Waals surface area contributed by atoms with Gasteiger partial charge in [0.25, 0.3) is 5.91 Å². The molecule has 0 aliphatic rings. The van der Waals surface area contributed by atoms with E-state index in [9.17, 15) is 9.90 Å². The molecule has 20 heavy (non-hydrogen) atoms. The summed E-state index contributed by atoms with van der Waals surface area (Å²) in [6, 6.07) is 12.3. The molecule has 2 aromatic rings. The Balaban J connectivity index is 2.33. The van der Waals surface area contributed by atoms with Crippen LogP contribution >= 0.6 is 0 Å². The Bertz CT molecular complexity index is 623. The predicted molar refractivity (Wildman–Crippen MR) is 78.4 cm³/mol. The summed E-state index contributed by atoms with van der Waals surface area (Å²) in [5, 5.41) is 12.7. The number of hydrogen-bond acceptors (Lipinski definition) is 3. The summed E-state index contributed by atoms with van der Waals surface area (Å²) in [4.78, 5) is 12.3. The SMILES string of the molecule is CCc1ccccc1NC(=O)c1c(O)cccc1OC. The zero-order valence-electron chi connectivity index (χ0n) is 11.5. The van der Waals surface area contributed by atoms with Gasteiger partial charge in [0.1, 0.15) is 17.1 Å². The van der Waals surface area contributed by atoms with E-state index in [0.29, 0.717) is 5.75 Å². The van der Waals surface area contributed by atoms with Gasteiger partial charge in [0.05, 0.1) is 7.11 Å². The number of phenolic OH excluding ortho intramolecular Hbond substituents is 1. The van der Waals surface area contributed by atoms with Crippen LogP contribution in [0.1, 0.15) is 22.8 Å². The Morgan fingerprint density at radius 2 is 1.95 bits per heavy atom. The van der Waals surface area contributed by atoms with Gasteiger partial charge in [0, 0.05) is 5.69 Å². The fourth-order valence-corrected chi connectivity index (χ4v) is 2.05. The number of aryl methyl sites for hydroxylation is 1. The Morgan fingerprint density at radius 1 is 1.20 bits per heavy atom. The second-order valence-corrected chi connectivity index (χ2v) is 4.32. The van der Waals surface area contributed by atoms with Crippen molar-refractivity contribution in [3.05, 3.63) is 53.6 Å². The molecule has 2 rings (SSSR count). The number of phenols is 1. The molecule has 0 radical (unpaired) electrons. The van der Waals surface area contributed by atoms with Gasteiger partial charge in [-0.1, -0.05) is 31.2 Å². The number of hydrogen-bond donors (Lipinski definition) is 2. The van der Waals surface area contributed by atoms with E-state index in [-0.39, 0.29) is 17.2 Å². The van der Waals surface area contributed by atoms with Crippen molar-refractivity contribution >= 4 is 11.6 Å². The molecule has 2 aromatic carbocycles. The molecule has 1 amide bonds. The third-order valence-electron chi connectivity index (χ3n) is 3.10. The summed E-state index contributed by atoms with van der Waals surface area (Å²) in [6.07, 6.45) is 0.814. The molecule has 0 heterocycles. The number of carbonyl (C=O) groups is 1. The molecule has 0 unspecified atom stereocenters. The van der Waals surface area contributed by atoms with Gasteiger partial charge in [-0.05, 0) is 30.2 Å². The lowest BCUT2D eigenvalue weighted by molar-refractivity contribution is 0.102. The van der Waals surface area contributed by atoms with Gasteiger partial charge in [-0.25, -0.2) is 0 Å². The number of anilines is 1. The average molecular weight is 271 g/mol. The van der Waals surface area contributed by atoms with Gasteiger partial charge < -0.3 is 15.2 Å². The summed E-state index contributed by atoms with van der Waals surface area (Å²) in [5.41, 5.74) is 1.92. The smallest absolute Gasteiger partial charge is 0.263 e. The number of para-hydroxylation sites is 1. The monoisotopic (exact) mass is 271 g/mol. The fourth-order valence-electron chi connectivity index (χ4n) is 2.05. The minimum Gasteiger partial charge on any atom is -0.507 e. The van der Waals surface area contributed by atoms with E-state index in [2.05, 4.69) is 5.32 Å². The first-order valence-corrected chi connectivity index (χ1v) is 6.42. The van der Waals surface area contributed by atoms with Crippen LogP contribution in [-0.2, 0) is 6.42 Å². The molecule has 4 nitrogen and oxygen atoms in total. The van der Waals surface area contributed by atoms with Crippen molar-refractivity contribution in [3.8, 4) is 11.5 Å². The minimum absolute atomic E-state index is 0.101. The number of nitrogens with one attached hydrogen (secondary N) is 1. The number of aromatic hydroxyl groups is 1. The van der Waals surface area contributed by atoms with E-state index in [4.69, 9.17) is 4.74 Å². The molecule has 4 heteroatoms. The van der Waals surface area contributed by atoms with E-state index < -0.39 is 0 Å². The maximum atomic E-state index is 12.3. The standard InChI is InChI=1S/C16H17NO3/c1-3-11-7-4-5-8-12(11)17-16(19)15-13(18)9-6-10-14(15)20-2/h4-10,18H,3H2,1-2H3,(H,17,19). The van der Waals surface area contributed by atoms with Crippen LogP contribution in [0, 0.1) is 0 Å². The van der Waals surface area contributed by atoms with Gasteiger partial charge in [0.2, 0.25) is 0 Å². The molecule has 0 spiro atoms. The quantitative estimate of drug-likeness (QED) is 0.897. The van der Waals surface area contributed by atoms with E-state index in [1.807, 2.05) is 31.2 Å². The van der Waals surface area contributed by atoms with Crippen LogP contribution in [0.25, 0.3) is 0 Å². The average Bonchev–Trinajstić information content (AvgIpc) is 2.47. The Labute approximate surface area is 118 Å². The van der Waals surface area contributed by atoms with Crippen molar-refractivity contribution in [2.45, 2.75) is 13.3 Å². The maximum Gasteiger partial charge on any atom is 0.263 e. The van der Waals surface area contributed by atoms with Crippen molar-refractivity contribution in [1.29, 1.82) is 0 Å². The molecule has 0 aromatic heterocycles. The van der Waals surface area contributed by atoms with Gasteiger partial charge in [-0.15, -0.1) is 0 Å². The first-order chi connectivity index (χ1) is 9.67. The van der Waals surface area contributed by atoms with Crippen molar-refractivity contribution in [1.82, 2.24) is 0 Å². The summed E-state index contributed by atoms with van der Waals surface area (Å²) in [7, 11) is 1.46. The minimum atomic E-state index is -0.388. The molecule has 0 fully saturated rings. The number of methoxy groups -OCH3 is 1. The zero-order chi connectivity index (χ0) is 14.5. The highest BCUT2D eigenvalue weighted by Gasteiger charge is 2.17. The van der Waals surface area contributed by atoms with Crippen LogP contribution in [0.15, 0.2) is 42.5 Å². The predicted octanol–water partition coefficient (Wildman–Crippen LogP) is 3.22. The van der Waals surface area contributed by atoms with Crippen LogP contribution in [0.3, 0.4) is 0 Å². The first-order valence-electron chi connectivity index (χ1n) is 6.42. The highest BCUT2D eigenvalue weighted by Crippen LogP contribution is 2.28. The van der Waals surface area contributed by atoms with Crippen molar-refractivity contribution in [3.63, 3.8) is 0 Å². The molecule has 0 saturated heterocycles. The fraction of sp³-hybridized carbons (Fsp3) is 0.188. The number of benzene rings is 2. The van der Waals surface area contributed by atoms with Crippen molar-refractivity contribution in [2.75, 3.05) is 12.4 Å². The maximum absolute atomic E-state index is 12.3. The first kappa shape index (κ1) is 13.9. The Morgan fingerprint density at radius 3 is 2.65 bits per heavy atom. The van der Waals surface area contributed by atoms with Crippen molar-refractivity contribution < 1.29 is 14.6 Å². The van der Waals surface area contributed by atoms with E-state index in [1.165, 1.54) is 13.2 Å². The Kier molecular flexibility index (Phi) is 4.25. The highest BCUT2D eigenvalue weighted by molar-refractivity contribution is 6.08. The van der Waals surface area contributed by atoms with Gasteiger partial charge in [-0.3, -0.25) is 4.79 Å². The van der Waals surface area contributed by atoms with Gasteiger partial charge in [-0.2, -0.15) is 0 Å². The van der Waals surface area contributed by atoms with Crippen LogP contribution < -0.4 is 10.1 Å². The van der Waals surface area contributed by atoms with Crippen LogP contribution in [-0.4, -0.2) is 18.1 Å². The molecule has 0 aliphatic heterocycles. The highest BCUT2D eigenvalue weighted by atomic mass is 16.5. The third kappa shape index (κ3) is 2.74. The lowest BCUT2D eigenvalue weighted by Crippen LogP contribution is -2.14. The number of amides is 1. The third-order valence-corrected chi connectivity index (χ3v) is 3.10. The Hall–Kier alpha value is -2.49. The summed E-state index contributed by atoms with van der Waals surface area (Å²) < 4.78 is 5.12. The zero-order valence-corrected chi connectivity index (χ0v) is 11.5. The molecule has 0 bridgehead atoms. The van der Waals surface area contributed by atoms with Crippen LogP contribution in [0.2, 0.25) is 0 Å². The molecule has 2 N–H and O–H groups in total. The summed E-state index contributed by atoms with van der Waals surface area (Å²) in [5.74, 6) is -0.145. The summed E-state index contributed by atoms with van der Waals surface area (Å²) in [6.45, 7) is 2.02. The van der Waals surface area contributed by atoms with Crippen molar-refractivity contribution in [2.24, 2.45) is 0 Å². The molecule has 0 aliphatic carbocycles. The lowest BCUT2D eigenvalue weighted by Gasteiger charge is -2.12. The molecule has 0 atom stereocenters. The van der Waals surface area contributed by atoms with E-state index in [0.717, 1.165) is 17.7 Å². The lowest BCUT2D eigenvalue weighted by atomic mass is 10.1. The van der Waals surface area contributed by atoms with E-state index >= 15 is 0 Å². The molecule has 0 saturated carbocycles. The molecular weight excluding hydrogens is 254 g/mol. The molecular formula is C16H17NO3. The second kappa shape index (κ2) is 6.10. The van der Waals surface area contributed by atoms with Crippen LogP contribution in [0.4, 0.5) is 5.69 Å². The largest absolute Gasteiger partial charge is 0.507 e. The topological polar surface area (TPSA) is 58.6 Å². The van der Waals surface area contributed by atoms with Gasteiger partial charge >= 0.3 is 0 Å². The van der Waals surface area contributed by atoms with E-state index in [1.54, 1.807) is 12.1 Å². The number of ether oxygens (including phenoxy) is 1. The second-order valence-electron chi connectivity index (χ2n) is 4.32. The summed E-state index contributed by atoms with van der Waals surface area (Å²) >= 11 is 0. The number of rotatable bonds is 4. The molecule has 104 valence electrons. The van der Waals surface area contributed by atoms with Gasteiger partial charge in [0.15, 0.2) is 0 Å².